The van der Waals surface area contributed by atoms with Crippen molar-refractivity contribution in [2.45, 2.75) is 26.3 Å². The lowest BCUT2D eigenvalue weighted by atomic mass is 10.1. The van der Waals surface area contributed by atoms with Gasteiger partial charge in [-0.25, -0.2) is 0 Å². The van der Waals surface area contributed by atoms with Crippen molar-refractivity contribution in [3.8, 4) is 0 Å². The van der Waals surface area contributed by atoms with E-state index in [1.807, 2.05) is 13.8 Å². The molecule has 0 aromatic rings. The molecule has 4 heteroatoms. The SMILES string of the molecule is CC(C)NC(=O)CNCC1CCOC1. The van der Waals surface area contributed by atoms with E-state index in [0.717, 1.165) is 26.2 Å². The first-order valence-electron chi connectivity index (χ1n) is 5.26. The highest BCUT2D eigenvalue weighted by Crippen LogP contribution is 2.10. The highest BCUT2D eigenvalue weighted by Gasteiger charge is 2.15. The Morgan fingerprint density at radius 3 is 2.93 bits per heavy atom. The number of rotatable bonds is 5. The van der Waals surface area contributed by atoms with Gasteiger partial charge in [0.15, 0.2) is 0 Å². The fraction of sp³-hybridized carbons (Fsp3) is 0.900. The van der Waals surface area contributed by atoms with E-state index < -0.39 is 0 Å². The van der Waals surface area contributed by atoms with Crippen molar-refractivity contribution in [2.24, 2.45) is 5.92 Å². The molecular weight excluding hydrogens is 180 g/mol. The second kappa shape index (κ2) is 5.98. The van der Waals surface area contributed by atoms with E-state index in [1.54, 1.807) is 0 Å². The summed E-state index contributed by atoms with van der Waals surface area (Å²) >= 11 is 0. The first kappa shape index (κ1) is 11.5. The minimum absolute atomic E-state index is 0.0684. The Balaban J connectivity index is 1.99. The molecule has 1 saturated heterocycles. The predicted molar refractivity (Wildman–Crippen MR) is 55.1 cm³/mol. The van der Waals surface area contributed by atoms with Crippen molar-refractivity contribution >= 4 is 5.91 Å². The molecule has 0 saturated carbocycles. The molecule has 82 valence electrons. The Bertz CT molecular complexity index is 177. The number of amides is 1. The number of ether oxygens (including phenoxy) is 1. The smallest absolute Gasteiger partial charge is 0.234 e. The van der Waals surface area contributed by atoms with E-state index >= 15 is 0 Å². The van der Waals surface area contributed by atoms with Crippen molar-refractivity contribution in [3.63, 3.8) is 0 Å². The van der Waals surface area contributed by atoms with Crippen LogP contribution in [-0.4, -0.2) is 38.3 Å². The number of carbonyl (C=O) groups excluding carboxylic acids is 1. The average molecular weight is 200 g/mol. The van der Waals surface area contributed by atoms with Gasteiger partial charge in [-0.15, -0.1) is 0 Å². The van der Waals surface area contributed by atoms with Gasteiger partial charge < -0.3 is 15.4 Å². The number of carbonyl (C=O) groups is 1. The van der Waals surface area contributed by atoms with Crippen LogP contribution in [-0.2, 0) is 9.53 Å². The molecule has 0 aliphatic carbocycles. The maximum atomic E-state index is 11.2. The van der Waals surface area contributed by atoms with Crippen molar-refractivity contribution < 1.29 is 9.53 Å². The van der Waals surface area contributed by atoms with Crippen LogP contribution in [0.5, 0.6) is 0 Å². The van der Waals surface area contributed by atoms with Crippen LogP contribution < -0.4 is 10.6 Å². The lowest BCUT2D eigenvalue weighted by Crippen LogP contribution is -2.39. The Morgan fingerprint density at radius 1 is 1.57 bits per heavy atom. The van der Waals surface area contributed by atoms with Gasteiger partial charge in [0.1, 0.15) is 0 Å². The molecule has 1 amide bonds. The maximum Gasteiger partial charge on any atom is 0.234 e. The summed E-state index contributed by atoms with van der Waals surface area (Å²) < 4.78 is 5.24. The first-order valence-corrected chi connectivity index (χ1v) is 5.26. The van der Waals surface area contributed by atoms with E-state index in [-0.39, 0.29) is 11.9 Å². The van der Waals surface area contributed by atoms with Crippen LogP contribution in [0.3, 0.4) is 0 Å². The largest absolute Gasteiger partial charge is 0.381 e. The molecule has 1 heterocycles. The van der Waals surface area contributed by atoms with Crippen LogP contribution in [0.4, 0.5) is 0 Å². The van der Waals surface area contributed by atoms with Gasteiger partial charge in [0.25, 0.3) is 0 Å². The molecular formula is C10H20N2O2. The van der Waals surface area contributed by atoms with E-state index in [1.165, 1.54) is 0 Å². The van der Waals surface area contributed by atoms with Crippen molar-refractivity contribution in [3.05, 3.63) is 0 Å². The monoisotopic (exact) mass is 200 g/mol. The van der Waals surface area contributed by atoms with Crippen LogP contribution in [0.2, 0.25) is 0 Å². The van der Waals surface area contributed by atoms with Crippen LogP contribution in [0.25, 0.3) is 0 Å². The molecule has 0 spiro atoms. The van der Waals surface area contributed by atoms with Gasteiger partial charge in [-0.1, -0.05) is 0 Å². The predicted octanol–water partition coefficient (Wildman–Crippen LogP) is 0.137. The summed E-state index contributed by atoms with van der Waals surface area (Å²) in [5, 5.41) is 5.98. The summed E-state index contributed by atoms with van der Waals surface area (Å²) in [5.41, 5.74) is 0. The minimum Gasteiger partial charge on any atom is -0.381 e. The first-order chi connectivity index (χ1) is 6.68. The second-order valence-corrected chi connectivity index (χ2v) is 4.08. The molecule has 0 aromatic carbocycles. The van der Waals surface area contributed by atoms with E-state index in [2.05, 4.69) is 10.6 Å². The normalized spacial score (nSPS) is 21.5. The zero-order valence-electron chi connectivity index (χ0n) is 9.01. The van der Waals surface area contributed by atoms with Gasteiger partial charge >= 0.3 is 0 Å². The third-order valence-electron chi connectivity index (χ3n) is 2.19. The summed E-state index contributed by atoms with van der Waals surface area (Å²) in [6.45, 7) is 6.91. The third-order valence-corrected chi connectivity index (χ3v) is 2.19. The van der Waals surface area contributed by atoms with Crippen molar-refractivity contribution in [1.82, 2.24) is 10.6 Å². The van der Waals surface area contributed by atoms with E-state index in [0.29, 0.717) is 12.5 Å². The molecule has 1 unspecified atom stereocenters. The Labute approximate surface area is 85.4 Å². The summed E-state index contributed by atoms with van der Waals surface area (Å²) in [6, 6.07) is 0.221. The zero-order chi connectivity index (χ0) is 10.4. The fourth-order valence-corrected chi connectivity index (χ4v) is 1.51. The highest BCUT2D eigenvalue weighted by molar-refractivity contribution is 5.78. The van der Waals surface area contributed by atoms with E-state index in [9.17, 15) is 4.79 Å². The van der Waals surface area contributed by atoms with Crippen LogP contribution in [0.1, 0.15) is 20.3 Å². The van der Waals surface area contributed by atoms with Crippen molar-refractivity contribution in [1.29, 1.82) is 0 Å². The molecule has 14 heavy (non-hydrogen) atoms. The third kappa shape index (κ3) is 4.58. The highest BCUT2D eigenvalue weighted by atomic mass is 16.5. The molecule has 1 aliphatic rings. The number of nitrogens with one attached hydrogen (secondary N) is 2. The molecule has 1 atom stereocenters. The van der Waals surface area contributed by atoms with Gasteiger partial charge in [0.2, 0.25) is 5.91 Å². The van der Waals surface area contributed by atoms with Crippen LogP contribution >= 0.6 is 0 Å². The Kier molecular flexibility index (Phi) is 4.90. The van der Waals surface area contributed by atoms with Crippen molar-refractivity contribution in [2.75, 3.05) is 26.3 Å². The lowest BCUT2D eigenvalue weighted by molar-refractivity contribution is -0.120. The molecule has 4 nitrogen and oxygen atoms in total. The standard InChI is InChI=1S/C10H20N2O2/c1-8(2)12-10(13)6-11-5-9-3-4-14-7-9/h8-9,11H,3-7H2,1-2H3,(H,12,13). The van der Waals surface area contributed by atoms with Gasteiger partial charge in [-0.2, -0.15) is 0 Å². The van der Waals surface area contributed by atoms with Gasteiger partial charge in [0, 0.05) is 19.2 Å². The average Bonchev–Trinajstić information content (AvgIpc) is 2.55. The molecule has 1 fully saturated rings. The number of hydrogen-bond donors (Lipinski definition) is 2. The van der Waals surface area contributed by atoms with Gasteiger partial charge in [-0.05, 0) is 26.2 Å². The Hall–Kier alpha value is -0.610. The maximum absolute atomic E-state index is 11.2. The lowest BCUT2D eigenvalue weighted by Gasteiger charge is -2.11. The topological polar surface area (TPSA) is 50.4 Å². The molecule has 1 aliphatic heterocycles. The minimum atomic E-state index is 0.0684. The zero-order valence-corrected chi connectivity index (χ0v) is 9.01. The summed E-state index contributed by atoms with van der Waals surface area (Å²) in [4.78, 5) is 11.2. The Morgan fingerprint density at radius 2 is 2.36 bits per heavy atom. The molecule has 2 N–H and O–H groups in total. The van der Waals surface area contributed by atoms with Gasteiger partial charge in [-0.3, -0.25) is 4.79 Å². The summed E-state index contributed by atoms with van der Waals surface area (Å²) in [5.74, 6) is 0.653. The molecule has 0 aromatic heterocycles. The second-order valence-electron chi connectivity index (χ2n) is 4.08. The van der Waals surface area contributed by atoms with Gasteiger partial charge in [0.05, 0.1) is 13.2 Å². The van der Waals surface area contributed by atoms with Crippen LogP contribution in [0, 0.1) is 5.92 Å². The molecule has 1 rings (SSSR count). The molecule has 0 radical (unpaired) electrons. The fourth-order valence-electron chi connectivity index (χ4n) is 1.51. The summed E-state index contributed by atoms with van der Waals surface area (Å²) in [6.07, 6.45) is 1.11. The number of hydrogen-bond acceptors (Lipinski definition) is 3. The summed E-state index contributed by atoms with van der Waals surface area (Å²) in [7, 11) is 0. The van der Waals surface area contributed by atoms with Crippen LogP contribution in [0.15, 0.2) is 0 Å². The quantitative estimate of drug-likeness (QED) is 0.663. The molecule has 0 bridgehead atoms. The van der Waals surface area contributed by atoms with E-state index in [4.69, 9.17) is 4.74 Å².